The van der Waals surface area contributed by atoms with Gasteiger partial charge in [0.1, 0.15) is 11.9 Å². The normalized spacial score (nSPS) is 12.5. The van der Waals surface area contributed by atoms with Crippen LogP contribution in [-0.4, -0.2) is 26.6 Å². The summed E-state index contributed by atoms with van der Waals surface area (Å²) in [4.78, 5) is 12.7. The summed E-state index contributed by atoms with van der Waals surface area (Å²) in [6.45, 7) is 7.19. The maximum absolute atomic E-state index is 13.5. The van der Waals surface area contributed by atoms with Gasteiger partial charge in [-0.25, -0.2) is 12.8 Å². The number of anilines is 2. The SMILES string of the molecule is Cc1cc(C)c(NC(=O)[C@H](C)N(c2cccc(F)c2)S(C)(=O)=O)c(C)c1. The van der Waals surface area contributed by atoms with Gasteiger partial charge in [-0.05, 0) is 57.0 Å². The predicted molar refractivity (Wildman–Crippen MR) is 102 cm³/mol. The molecule has 0 aliphatic rings. The molecule has 0 spiro atoms. The fraction of sp³-hybridized carbons (Fsp3) is 0.316. The minimum absolute atomic E-state index is 0.104. The van der Waals surface area contributed by atoms with Crippen molar-refractivity contribution in [1.29, 1.82) is 0 Å². The number of halogens is 1. The first-order chi connectivity index (χ1) is 12.0. The van der Waals surface area contributed by atoms with Crippen molar-refractivity contribution < 1.29 is 17.6 Å². The number of nitrogens with zero attached hydrogens (tertiary/aromatic N) is 1. The van der Waals surface area contributed by atoms with Crippen LogP contribution < -0.4 is 9.62 Å². The Labute approximate surface area is 153 Å². The van der Waals surface area contributed by atoms with Gasteiger partial charge in [-0.2, -0.15) is 0 Å². The number of rotatable bonds is 5. The van der Waals surface area contributed by atoms with Crippen molar-refractivity contribution in [3.05, 3.63) is 58.9 Å². The third kappa shape index (κ3) is 4.40. The number of carbonyl (C=O) groups excluding carboxylic acids is 1. The third-order valence-electron chi connectivity index (χ3n) is 4.08. The summed E-state index contributed by atoms with van der Waals surface area (Å²) in [6.07, 6.45) is 0.990. The van der Waals surface area contributed by atoms with Crippen LogP contribution in [0.2, 0.25) is 0 Å². The lowest BCUT2D eigenvalue weighted by Gasteiger charge is -2.28. The first-order valence-corrected chi connectivity index (χ1v) is 9.99. The van der Waals surface area contributed by atoms with Gasteiger partial charge in [0.2, 0.25) is 15.9 Å². The van der Waals surface area contributed by atoms with E-state index in [9.17, 15) is 17.6 Å². The zero-order chi connectivity index (χ0) is 19.6. The molecule has 2 rings (SSSR count). The van der Waals surface area contributed by atoms with Crippen molar-refractivity contribution in [2.75, 3.05) is 15.9 Å². The topological polar surface area (TPSA) is 66.5 Å². The molecular formula is C19H23FN2O3S. The van der Waals surface area contributed by atoms with E-state index in [0.717, 1.165) is 33.3 Å². The van der Waals surface area contributed by atoms with Crippen LogP contribution in [0.1, 0.15) is 23.6 Å². The number of hydrogen-bond donors (Lipinski definition) is 1. The van der Waals surface area contributed by atoms with Crippen molar-refractivity contribution in [2.24, 2.45) is 0 Å². The number of carbonyl (C=O) groups is 1. The molecule has 0 fully saturated rings. The molecule has 0 aliphatic heterocycles. The number of benzene rings is 2. The number of nitrogens with one attached hydrogen (secondary N) is 1. The third-order valence-corrected chi connectivity index (χ3v) is 5.32. The fourth-order valence-corrected chi connectivity index (χ4v) is 4.19. The van der Waals surface area contributed by atoms with Gasteiger partial charge in [-0.3, -0.25) is 9.10 Å². The number of aryl methyl sites for hydroxylation is 3. The number of amides is 1. The lowest BCUT2D eigenvalue weighted by Crippen LogP contribution is -2.45. The molecule has 0 aromatic heterocycles. The van der Waals surface area contributed by atoms with Crippen molar-refractivity contribution in [2.45, 2.75) is 33.7 Å². The fourth-order valence-electron chi connectivity index (χ4n) is 3.03. The molecule has 1 atom stereocenters. The van der Waals surface area contributed by atoms with Gasteiger partial charge in [0.05, 0.1) is 11.9 Å². The smallest absolute Gasteiger partial charge is 0.248 e. The van der Waals surface area contributed by atoms with E-state index in [0.29, 0.717) is 5.69 Å². The molecule has 0 aliphatic carbocycles. The average Bonchev–Trinajstić information content (AvgIpc) is 2.49. The second kappa shape index (κ2) is 7.45. The van der Waals surface area contributed by atoms with Crippen molar-refractivity contribution in [3.63, 3.8) is 0 Å². The Bertz CT molecular complexity index is 919. The Kier molecular flexibility index (Phi) is 5.71. The van der Waals surface area contributed by atoms with Crippen LogP contribution in [0.4, 0.5) is 15.8 Å². The molecule has 0 saturated carbocycles. The monoisotopic (exact) mass is 378 g/mol. The van der Waals surface area contributed by atoms with Crippen molar-refractivity contribution in [3.8, 4) is 0 Å². The Morgan fingerprint density at radius 2 is 1.69 bits per heavy atom. The van der Waals surface area contributed by atoms with Gasteiger partial charge in [-0.15, -0.1) is 0 Å². The van der Waals surface area contributed by atoms with E-state index in [1.165, 1.54) is 25.1 Å². The van der Waals surface area contributed by atoms with Gasteiger partial charge < -0.3 is 5.32 Å². The molecule has 2 aromatic rings. The Balaban J connectivity index is 2.38. The molecule has 7 heteroatoms. The van der Waals surface area contributed by atoms with Crippen molar-refractivity contribution in [1.82, 2.24) is 0 Å². The minimum Gasteiger partial charge on any atom is -0.324 e. The van der Waals surface area contributed by atoms with E-state index >= 15 is 0 Å². The van der Waals surface area contributed by atoms with E-state index in [1.54, 1.807) is 0 Å². The summed E-state index contributed by atoms with van der Waals surface area (Å²) in [5.74, 6) is -1.07. The summed E-state index contributed by atoms with van der Waals surface area (Å²) < 4.78 is 39.0. The van der Waals surface area contributed by atoms with Gasteiger partial charge in [-0.1, -0.05) is 23.8 Å². The summed E-state index contributed by atoms with van der Waals surface area (Å²) in [6, 6.07) is 7.99. The van der Waals surface area contributed by atoms with Crippen LogP contribution in [0.25, 0.3) is 0 Å². The van der Waals surface area contributed by atoms with Crippen LogP contribution in [0.15, 0.2) is 36.4 Å². The second-order valence-corrected chi connectivity index (χ2v) is 8.34. The Hall–Kier alpha value is -2.41. The molecule has 2 aromatic carbocycles. The molecule has 0 bridgehead atoms. The highest BCUT2D eigenvalue weighted by atomic mass is 32.2. The summed E-state index contributed by atoms with van der Waals surface area (Å²) in [7, 11) is -3.79. The average molecular weight is 378 g/mol. The number of hydrogen-bond acceptors (Lipinski definition) is 3. The zero-order valence-electron chi connectivity index (χ0n) is 15.5. The number of sulfonamides is 1. The van der Waals surface area contributed by atoms with E-state index < -0.39 is 27.8 Å². The van der Waals surface area contributed by atoms with Gasteiger partial charge in [0, 0.05) is 5.69 Å². The van der Waals surface area contributed by atoms with Gasteiger partial charge >= 0.3 is 0 Å². The van der Waals surface area contributed by atoms with Crippen LogP contribution in [0, 0.1) is 26.6 Å². The highest BCUT2D eigenvalue weighted by molar-refractivity contribution is 7.92. The molecule has 26 heavy (non-hydrogen) atoms. The van der Waals surface area contributed by atoms with Crippen LogP contribution >= 0.6 is 0 Å². The molecule has 0 saturated heterocycles. The van der Waals surface area contributed by atoms with E-state index in [2.05, 4.69) is 5.32 Å². The van der Waals surface area contributed by atoms with Gasteiger partial charge in [0.15, 0.2) is 0 Å². The lowest BCUT2D eigenvalue weighted by molar-refractivity contribution is -0.116. The molecule has 1 amide bonds. The molecular weight excluding hydrogens is 355 g/mol. The van der Waals surface area contributed by atoms with E-state index in [-0.39, 0.29) is 5.69 Å². The minimum atomic E-state index is -3.79. The van der Waals surface area contributed by atoms with Crippen LogP contribution in [0.3, 0.4) is 0 Å². The summed E-state index contributed by atoms with van der Waals surface area (Å²) in [5, 5.41) is 2.80. The predicted octanol–water partition coefficient (Wildman–Crippen LogP) is 3.54. The molecule has 1 N–H and O–H groups in total. The van der Waals surface area contributed by atoms with Gasteiger partial charge in [0.25, 0.3) is 0 Å². The standard InChI is InChI=1S/C19H23FN2O3S/c1-12-9-13(2)18(14(3)10-12)21-19(23)15(4)22(26(5,24)25)17-8-6-7-16(20)11-17/h6-11,15H,1-5H3,(H,21,23)/t15-/m0/s1. The molecule has 0 unspecified atom stereocenters. The Morgan fingerprint density at radius 1 is 1.12 bits per heavy atom. The first-order valence-electron chi connectivity index (χ1n) is 8.14. The largest absolute Gasteiger partial charge is 0.324 e. The molecule has 0 heterocycles. The maximum atomic E-state index is 13.5. The van der Waals surface area contributed by atoms with Crippen molar-refractivity contribution >= 4 is 27.3 Å². The Morgan fingerprint density at radius 3 is 2.19 bits per heavy atom. The first kappa shape index (κ1) is 19.9. The lowest BCUT2D eigenvalue weighted by atomic mass is 10.0. The van der Waals surface area contributed by atoms with E-state index in [4.69, 9.17) is 0 Å². The highest BCUT2D eigenvalue weighted by Crippen LogP contribution is 2.25. The van der Waals surface area contributed by atoms with E-state index in [1.807, 2.05) is 32.9 Å². The second-order valence-electron chi connectivity index (χ2n) is 6.48. The molecule has 5 nitrogen and oxygen atoms in total. The zero-order valence-corrected chi connectivity index (χ0v) is 16.3. The van der Waals surface area contributed by atoms with Crippen LogP contribution in [0.5, 0.6) is 0 Å². The maximum Gasteiger partial charge on any atom is 0.248 e. The summed E-state index contributed by atoms with van der Waals surface area (Å²) in [5.41, 5.74) is 3.61. The quantitative estimate of drug-likeness (QED) is 0.865. The molecule has 140 valence electrons. The molecule has 0 radical (unpaired) electrons. The highest BCUT2D eigenvalue weighted by Gasteiger charge is 2.29. The van der Waals surface area contributed by atoms with Crippen LogP contribution in [-0.2, 0) is 14.8 Å². The summed E-state index contributed by atoms with van der Waals surface area (Å²) >= 11 is 0.